The number of β-amino-alcohol motifs (C(OH)–C–C–N with tert-alkyl or cyclic N) is 1. The average molecular weight is 335 g/mol. The fraction of sp³-hybridized carbons (Fsp3) is 0.312. The van der Waals surface area contributed by atoms with E-state index >= 15 is 0 Å². The van der Waals surface area contributed by atoms with E-state index in [0.717, 1.165) is 18.2 Å². The molecule has 3 rings (SSSR count). The number of aliphatic hydroxyl groups is 1. The van der Waals surface area contributed by atoms with Gasteiger partial charge in [-0.25, -0.2) is 8.78 Å². The van der Waals surface area contributed by atoms with E-state index in [-0.39, 0.29) is 30.1 Å². The summed E-state index contributed by atoms with van der Waals surface area (Å²) < 4.78 is 32.4. The lowest BCUT2D eigenvalue weighted by Crippen LogP contribution is -2.33. The van der Waals surface area contributed by atoms with Crippen molar-refractivity contribution in [3.8, 4) is 5.88 Å². The third-order valence-corrected chi connectivity index (χ3v) is 3.93. The van der Waals surface area contributed by atoms with Crippen LogP contribution in [0.25, 0.3) is 0 Å². The number of likely N-dealkylation sites (tertiary alicyclic amines) is 1. The molecule has 2 aromatic rings. The van der Waals surface area contributed by atoms with Crippen molar-refractivity contribution in [3.63, 3.8) is 0 Å². The van der Waals surface area contributed by atoms with Crippen molar-refractivity contribution < 1.29 is 23.4 Å². The Morgan fingerprint density at radius 1 is 1.29 bits per heavy atom. The SMILES string of the molecule is COc1ccc(C(=O)N2C[C@H](O)C[C@H]2c2cc(F)ccc2F)nn1. The predicted octanol–water partition coefficient (Wildman–Crippen LogP) is 1.71. The average Bonchev–Trinajstić information content (AvgIpc) is 2.98. The molecule has 0 aliphatic carbocycles. The Labute approximate surface area is 136 Å². The Morgan fingerprint density at radius 3 is 2.75 bits per heavy atom. The van der Waals surface area contributed by atoms with Gasteiger partial charge in [-0.05, 0) is 30.7 Å². The minimum absolute atomic E-state index is 0.00711. The number of nitrogens with zero attached hydrogens (tertiary/aromatic N) is 3. The second kappa shape index (κ2) is 6.48. The second-order valence-electron chi connectivity index (χ2n) is 5.49. The zero-order chi connectivity index (χ0) is 17.3. The summed E-state index contributed by atoms with van der Waals surface area (Å²) in [5.41, 5.74) is 0.0630. The molecule has 0 unspecified atom stereocenters. The Kier molecular flexibility index (Phi) is 4.39. The Balaban J connectivity index is 1.92. The van der Waals surface area contributed by atoms with Crippen LogP contribution < -0.4 is 4.74 Å². The Hall–Kier alpha value is -2.61. The first-order valence-electron chi connectivity index (χ1n) is 7.31. The van der Waals surface area contributed by atoms with Gasteiger partial charge in [-0.15, -0.1) is 10.2 Å². The third-order valence-electron chi connectivity index (χ3n) is 3.93. The van der Waals surface area contributed by atoms with Gasteiger partial charge in [-0.1, -0.05) is 0 Å². The molecular formula is C16H15F2N3O3. The molecule has 1 aliphatic heterocycles. The quantitative estimate of drug-likeness (QED) is 0.924. The number of ether oxygens (including phenoxy) is 1. The van der Waals surface area contributed by atoms with Gasteiger partial charge in [0.05, 0.1) is 19.3 Å². The van der Waals surface area contributed by atoms with Crippen molar-refractivity contribution in [2.45, 2.75) is 18.6 Å². The van der Waals surface area contributed by atoms with Gasteiger partial charge < -0.3 is 14.7 Å². The van der Waals surface area contributed by atoms with Crippen LogP contribution in [0.5, 0.6) is 5.88 Å². The summed E-state index contributed by atoms with van der Waals surface area (Å²) in [6.07, 6.45) is -0.705. The van der Waals surface area contributed by atoms with E-state index in [1.165, 1.54) is 24.1 Å². The second-order valence-corrected chi connectivity index (χ2v) is 5.49. The molecule has 0 saturated carbocycles. The predicted molar refractivity (Wildman–Crippen MR) is 79.3 cm³/mol. The molecule has 1 saturated heterocycles. The van der Waals surface area contributed by atoms with Crippen LogP contribution in [0.1, 0.15) is 28.5 Å². The van der Waals surface area contributed by atoms with E-state index in [1.54, 1.807) is 0 Å². The van der Waals surface area contributed by atoms with Gasteiger partial charge in [0, 0.05) is 18.2 Å². The van der Waals surface area contributed by atoms with Gasteiger partial charge in [-0.2, -0.15) is 0 Å². The molecule has 1 aromatic carbocycles. The van der Waals surface area contributed by atoms with Crippen molar-refractivity contribution in [1.29, 1.82) is 0 Å². The van der Waals surface area contributed by atoms with Crippen molar-refractivity contribution in [2.75, 3.05) is 13.7 Å². The summed E-state index contributed by atoms with van der Waals surface area (Å²) in [6, 6.07) is 5.18. The maximum Gasteiger partial charge on any atom is 0.274 e. The van der Waals surface area contributed by atoms with Crippen LogP contribution in [-0.4, -0.2) is 45.9 Å². The highest BCUT2D eigenvalue weighted by Gasteiger charge is 2.37. The molecule has 0 spiro atoms. The van der Waals surface area contributed by atoms with E-state index in [1.807, 2.05) is 0 Å². The van der Waals surface area contributed by atoms with Crippen molar-refractivity contribution >= 4 is 5.91 Å². The topological polar surface area (TPSA) is 75.5 Å². The summed E-state index contributed by atoms with van der Waals surface area (Å²) in [6.45, 7) is 0.00711. The molecule has 0 radical (unpaired) electrons. The fourth-order valence-electron chi connectivity index (χ4n) is 2.79. The number of carbonyl (C=O) groups is 1. The van der Waals surface area contributed by atoms with Gasteiger partial charge >= 0.3 is 0 Å². The number of rotatable bonds is 3. The lowest BCUT2D eigenvalue weighted by Gasteiger charge is -2.24. The summed E-state index contributed by atoms with van der Waals surface area (Å²) in [5.74, 6) is -1.50. The number of aromatic nitrogens is 2. The number of methoxy groups -OCH3 is 1. The standard InChI is InChI=1S/C16H15F2N3O3/c1-24-15-5-4-13(19-20-15)16(23)21-8-10(22)7-14(21)11-6-9(17)2-3-12(11)18/h2-6,10,14,22H,7-8H2,1H3/t10-,14+/m1/s1. The zero-order valence-corrected chi connectivity index (χ0v) is 12.8. The van der Waals surface area contributed by atoms with Crippen LogP contribution in [0.3, 0.4) is 0 Å². The maximum atomic E-state index is 14.1. The largest absolute Gasteiger partial charge is 0.480 e. The molecule has 1 aliphatic rings. The minimum atomic E-state index is -0.826. The molecule has 24 heavy (non-hydrogen) atoms. The number of amides is 1. The van der Waals surface area contributed by atoms with E-state index < -0.39 is 29.7 Å². The molecule has 1 fully saturated rings. The Bertz CT molecular complexity index is 755. The van der Waals surface area contributed by atoms with Gasteiger partial charge in [0.25, 0.3) is 5.91 Å². The van der Waals surface area contributed by atoms with E-state index in [2.05, 4.69) is 10.2 Å². The number of aliphatic hydroxyl groups excluding tert-OH is 1. The van der Waals surface area contributed by atoms with Crippen LogP contribution >= 0.6 is 0 Å². The first-order chi connectivity index (χ1) is 11.5. The number of hydrogen-bond acceptors (Lipinski definition) is 5. The van der Waals surface area contributed by atoms with Crippen molar-refractivity contribution in [3.05, 3.63) is 53.2 Å². The first-order valence-corrected chi connectivity index (χ1v) is 7.31. The lowest BCUT2D eigenvalue weighted by atomic mass is 10.0. The summed E-state index contributed by atoms with van der Waals surface area (Å²) in [7, 11) is 1.42. The first kappa shape index (κ1) is 16.3. The molecule has 126 valence electrons. The van der Waals surface area contributed by atoms with Gasteiger partial charge in [0.2, 0.25) is 5.88 Å². The molecule has 8 heteroatoms. The highest BCUT2D eigenvalue weighted by Crippen LogP contribution is 2.34. The number of benzene rings is 1. The smallest absolute Gasteiger partial charge is 0.274 e. The normalized spacial score (nSPS) is 20.2. The van der Waals surface area contributed by atoms with Crippen LogP contribution in [-0.2, 0) is 0 Å². The molecule has 1 amide bonds. The third kappa shape index (κ3) is 3.05. The van der Waals surface area contributed by atoms with Crippen molar-refractivity contribution in [1.82, 2.24) is 15.1 Å². The zero-order valence-electron chi connectivity index (χ0n) is 12.8. The summed E-state index contributed by atoms with van der Waals surface area (Å²) in [4.78, 5) is 13.9. The molecule has 1 N–H and O–H groups in total. The number of carbonyl (C=O) groups excluding carboxylic acids is 1. The molecular weight excluding hydrogens is 320 g/mol. The molecule has 0 bridgehead atoms. The van der Waals surface area contributed by atoms with Gasteiger partial charge in [0.1, 0.15) is 11.6 Å². The van der Waals surface area contributed by atoms with Crippen LogP contribution in [0, 0.1) is 11.6 Å². The van der Waals surface area contributed by atoms with E-state index in [9.17, 15) is 18.7 Å². The summed E-state index contributed by atoms with van der Waals surface area (Å²) >= 11 is 0. The molecule has 2 heterocycles. The Morgan fingerprint density at radius 2 is 2.08 bits per heavy atom. The van der Waals surface area contributed by atoms with Crippen LogP contribution in [0.15, 0.2) is 30.3 Å². The highest BCUT2D eigenvalue weighted by molar-refractivity contribution is 5.92. The number of halogens is 2. The van der Waals surface area contributed by atoms with Crippen LogP contribution in [0.2, 0.25) is 0 Å². The van der Waals surface area contributed by atoms with Gasteiger partial charge in [-0.3, -0.25) is 4.79 Å². The van der Waals surface area contributed by atoms with Crippen molar-refractivity contribution in [2.24, 2.45) is 0 Å². The monoisotopic (exact) mass is 335 g/mol. The van der Waals surface area contributed by atoms with Crippen LogP contribution in [0.4, 0.5) is 8.78 Å². The fourth-order valence-corrected chi connectivity index (χ4v) is 2.79. The molecule has 2 atom stereocenters. The van der Waals surface area contributed by atoms with E-state index in [4.69, 9.17) is 4.74 Å². The maximum absolute atomic E-state index is 14.1. The molecule has 6 nitrogen and oxygen atoms in total. The van der Waals surface area contributed by atoms with Gasteiger partial charge in [0.15, 0.2) is 5.69 Å². The van der Waals surface area contributed by atoms with E-state index in [0.29, 0.717) is 0 Å². The summed E-state index contributed by atoms with van der Waals surface area (Å²) in [5, 5.41) is 17.4. The number of hydrogen-bond donors (Lipinski definition) is 1. The minimum Gasteiger partial charge on any atom is -0.480 e. The highest BCUT2D eigenvalue weighted by atomic mass is 19.1. The lowest BCUT2D eigenvalue weighted by molar-refractivity contribution is 0.0706. The molecule has 1 aromatic heterocycles.